The summed E-state index contributed by atoms with van der Waals surface area (Å²) in [4.78, 5) is 0. The number of nitrogens with one attached hydrogen (secondary N) is 2. The molecule has 1 aliphatic rings. The summed E-state index contributed by atoms with van der Waals surface area (Å²) in [6.45, 7) is 3.22. The lowest BCUT2D eigenvalue weighted by atomic mass is 10.0. The second-order valence-electron chi connectivity index (χ2n) is 4.71. The summed E-state index contributed by atoms with van der Waals surface area (Å²) < 4.78 is 0. The Balaban J connectivity index is 1.97. The van der Waals surface area contributed by atoms with Crippen molar-refractivity contribution in [2.45, 2.75) is 25.8 Å². The van der Waals surface area contributed by atoms with Gasteiger partial charge in [0.25, 0.3) is 0 Å². The van der Waals surface area contributed by atoms with Crippen LogP contribution in [0.3, 0.4) is 0 Å². The molecule has 1 aromatic heterocycles. The van der Waals surface area contributed by atoms with Crippen molar-refractivity contribution in [3.05, 3.63) is 41.7 Å². The van der Waals surface area contributed by atoms with Crippen LogP contribution in [0.2, 0.25) is 0 Å². The van der Waals surface area contributed by atoms with Gasteiger partial charge in [0.2, 0.25) is 0 Å². The van der Waals surface area contributed by atoms with E-state index in [0.717, 1.165) is 6.54 Å². The van der Waals surface area contributed by atoms with E-state index in [1.165, 1.54) is 35.2 Å². The molecule has 3 heteroatoms. The molecular weight excluding hydrogens is 210 g/mol. The fourth-order valence-corrected chi connectivity index (χ4v) is 2.46. The second kappa shape index (κ2) is 4.34. The van der Waals surface area contributed by atoms with Gasteiger partial charge in [-0.15, -0.1) is 0 Å². The van der Waals surface area contributed by atoms with Gasteiger partial charge in [0.1, 0.15) is 0 Å². The molecule has 1 atom stereocenters. The fraction of sp³-hybridized carbons (Fsp3) is 0.357. The van der Waals surface area contributed by atoms with Crippen LogP contribution in [0.25, 0.3) is 11.1 Å². The van der Waals surface area contributed by atoms with Gasteiger partial charge in [0.05, 0.1) is 11.9 Å². The van der Waals surface area contributed by atoms with Crippen molar-refractivity contribution in [3.63, 3.8) is 0 Å². The Hall–Kier alpha value is -1.61. The Kier molecular flexibility index (Phi) is 2.69. The zero-order valence-electron chi connectivity index (χ0n) is 10.0. The van der Waals surface area contributed by atoms with E-state index in [1.54, 1.807) is 0 Å². The summed E-state index contributed by atoms with van der Waals surface area (Å²) in [5, 5.41) is 10.9. The highest BCUT2D eigenvalue weighted by atomic mass is 15.1. The number of rotatable bonds is 2. The van der Waals surface area contributed by atoms with E-state index in [2.05, 4.69) is 46.7 Å². The average Bonchev–Trinajstić information content (AvgIpc) is 3.00. The van der Waals surface area contributed by atoms with Crippen LogP contribution in [-0.2, 0) is 0 Å². The molecule has 1 unspecified atom stereocenters. The Morgan fingerprint density at radius 3 is 2.76 bits per heavy atom. The first-order chi connectivity index (χ1) is 8.34. The second-order valence-corrected chi connectivity index (χ2v) is 4.71. The fourth-order valence-electron chi connectivity index (χ4n) is 2.46. The van der Waals surface area contributed by atoms with Crippen molar-refractivity contribution >= 4 is 0 Å². The predicted octanol–water partition coefficient (Wildman–Crippen LogP) is 2.81. The van der Waals surface area contributed by atoms with Crippen molar-refractivity contribution in [1.29, 1.82) is 0 Å². The summed E-state index contributed by atoms with van der Waals surface area (Å²) in [6.07, 6.45) is 4.37. The maximum Gasteiger partial charge on any atom is 0.0599 e. The highest BCUT2D eigenvalue weighted by Gasteiger charge is 2.21. The average molecular weight is 227 g/mol. The minimum absolute atomic E-state index is 0.439. The smallest absolute Gasteiger partial charge is 0.0599 e. The SMILES string of the molecule is Cc1ccc(-c2cn[nH]c2C2CCCN2)cc1. The van der Waals surface area contributed by atoms with Gasteiger partial charge in [-0.1, -0.05) is 29.8 Å². The molecule has 2 aromatic rings. The third-order valence-corrected chi connectivity index (χ3v) is 3.44. The highest BCUT2D eigenvalue weighted by molar-refractivity contribution is 5.66. The lowest BCUT2D eigenvalue weighted by Crippen LogP contribution is -2.14. The number of nitrogens with zero attached hydrogens (tertiary/aromatic N) is 1. The summed E-state index contributed by atoms with van der Waals surface area (Å²) >= 11 is 0. The van der Waals surface area contributed by atoms with Gasteiger partial charge in [-0.3, -0.25) is 5.10 Å². The van der Waals surface area contributed by atoms with Crippen molar-refractivity contribution in [3.8, 4) is 11.1 Å². The van der Waals surface area contributed by atoms with Gasteiger partial charge < -0.3 is 5.32 Å². The van der Waals surface area contributed by atoms with E-state index >= 15 is 0 Å². The molecule has 2 heterocycles. The van der Waals surface area contributed by atoms with E-state index in [0.29, 0.717) is 6.04 Å². The Bertz CT molecular complexity index is 492. The van der Waals surface area contributed by atoms with Gasteiger partial charge in [-0.2, -0.15) is 5.10 Å². The van der Waals surface area contributed by atoms with Crippen molar-refractivity contribution in [1.82, 2.24) is 15.5 Å². The van der Waals surface area contributed by atoms with Gasteiger partial charge in [0.15, 0.2) is 0 Å². The quantitative estimate of drug-likeness (QED) is 0.828. The van der Waals surface area contributed by atoms with Crippen LogP contribution in [0, 0.1) is 6.92 Å². The molecule has 0 radical (unpaired) electrons. The number of H-pyrrole nitrogens is 1. The lowest BCUT2D eigenvalue weighted by Gasteiger charge is -2.10. The van der Waals surface area contributed by atoms with Crippen LogP contribution in [0.1, 0.15) is 30.1 Å². The molecule has 0 saturated carbocycles. The minimum Gasteiger partial charge on any atom is -0.309 e. The van der Waals surface area contributed by atoms with Crippen molar-refractivity contribution < 1.29 is 0 Å². The summed E-state index contributed by atoms with van der Waals surface area (Å²) in [5.74, 6) is 0. The number of aromatic amines is 1. The van der Waals surface area contributed by atoms with Crippen LogP contribution < -0.4 is 5.32 Å². The van der Waals surface area contributed by atoms with Crippen LogP contribution in [0.5, 0.6) is 0 Å². The number of aryl methyl sites for hydroxylation is 1. The highest BCUT2D eigenvalue weighted by Crippen LogP contribution is 2.30. The van der Waals surface area contributed by atoms with Crippen molar-refractivity contribution in [2.24, 2.45) is 0 Å². The standard InChI is InChI=1S/C14H17N3/c1-10-4-6-11(7-5-10)12-9-16-17-14(12)13-3-2-8-15-13/h4-7,9,13,15H,2-3,8H2,1H3,(H,16,17). The van der Waals surface area contributed by atoms with Gasteiger partial charge in [0, 0.05) is 11.6 Å². The van der Waals surface area contributed by atoms with Crippen LogP contribution in [0.15, 0.2) is 30.5 Å². The topological polar surface area (TPSA) is 40.7 Å². The normalized spacial score (nSPS) is 19.7. The molecule has 1 aliphatic heterocycles. The third-order valence-electron chi connectivity index (χ3n) is 3.44. The molecule has 88 valence electrons. The molecule has 2 N–H and O–H groups in total. The molecule has 0 aliphatic carbocycles. The first kappa shape index (κ1) is 10.5. The molecule has 1 fully saturated rings. The van der Waals surface area contributed by atoms with E-state index in [1.807, 2.05) is 6.20 Å². The number of benzene rings is 1. The van der Waals surface area contributed by atoms with Gasteiger partial charge >= 0.3 is 0 Å². The van der Waals surface area contributed by atoms with Crippen LogP contribution in [-0.4, -0.2) is 16.7 Å². The molecule has 3 nitrogen and oxygen atoms in total. The van der Waals surface area contributed by atoms with Crippen molar-refractivity contribution in [2.75, 3.05) is 6.54 Å². The number of hydrogen-bond acceptors (Lipinski definition) is 2. The van der Waals surface area contributed by atoms with Gasteiger partial charge in [-0.05, 0) is 31.9 Å². The van der Waals surface area contributed by atoms with E-state index in [-0.39, 0.29) is 0 Å². The largest absolute Gasteiger partial charge is 0.309 e. The van der Waals surface area contributed by atoms with Crippen LogP contribution in [0.4, 0.5) is 0 Å². The lowest BCUT2D eigenvalue weighted by molar-refractivity contribution is 0.626. The molecular formula is C14H17N3. The van der Waals surface area contributed by atoms with Gasteiger partial charge in [-0.25, -0.2) is 0 Å². The summed E-state index contributed by atoms with van der Waals surface area (Å²) in [5.41, 5.74) is 4.99. The van der Waals surface area contributed by atoms with E-state index in [9.17, 15) is 0 Å². The minimum atomic E-state index is 0.439. The first-order valence-corrected chi connectivity index (χ1v) is 6.18. The number of hydrogen-bond donors (Lipinski definition) is 2. The molecule has 0 bridgehead atoms. The monoisotopic (exact) mass is 227 g/mol. The van der Waals surface area contributed by atoms with Crippen LogP contribution >= 0.6 is 0 Å². The zero-order chi connectivity index (χ0) is 11.7. The maximum absolute atomic E-state index is 4.20. The summed E-state index contributed by atoms with van der Waals surface area (Å²) in [6, 6.07) is 9.06. The molecule has 0 spiro atoms. The Labute approximate surface area is 101 Å². The summed E-state index contributed by atoms with van der Waals surface area (Å²) in [7, 11) is 0. The van der Waals surface area contributed by atoms with E-state index in [4.69, 9.17) is 0 Å². The first-order valence-electron chi connectivity index (χ1n) is 6.18. The molecule has 3 rings (SSSR count). The molecule has 17 heavy (non-hydrogen) atoms. The Morgan fingerprint density at radius 2 is 2.06 bits per heavy atom. The molecule has 0 amide bonds. The third kappa shape index (κ3) is 1.98. The Morgan fingerprint density at radius 1 is 1.24 bits per heavy atom. The number of aromatic nitrogens is 2. The predicted molar refractivity (Wildman–Crippen MR) is 68.7 cm³/mol. The molecule has 1 aromatic carbocycles. The molecule has 1 saturated heterocycles. The van der Waals surface area contributed by atoms with E-state index < -0.39 is 0 Å². The maximum atomic E-state index is 4.20. The zero-order valence-corrected chi connectivity index (χ0v) is 10.0.